The molecule has 1 fully saturated rings. The highest BCUT2D eigenvalue weighted by Crippen LogP contribution is 2.46. The molecule has 3 atom stereocenters. The molecule has 0 N–H and O–H groups in total. The highest BCUT2D eigenvalue weighted by Gasteiger charge is 2.51. The van der Waals surface area contributed by atoms with Crippen molar-refractivity contribution in [2.45, 2.75) is 65.3 Å². The van der Waals surface area contributed by atoms with Crippen molar-refractivity contribution in [2.24, 2.45) is 5.41 Å². The molecule has 4 heteroatoms. The normalized spacial score (nSPS) is 28.1. The fourth-order valence-electron chi connectivity index (χ4n) is 2.95. The van der Waals surface area contributed by atoms with Gasteiger partial charge in [-0.3, -0.25) is 4.79 Å². The van der Waals surface area contributed by atoms with Gasteiger partial charge in [-0.15, -0.1) is 0 Å². The molecule has 0 radical (unpaired) electrons. The molecular formula is C16H25NO3. The lowest BCUT2D eigenvalue weighted by Crippen LogP contribution is -2.50. The Morgan fingerprint density at radius 3 is 2.80 bits per heavy atom. The summed E-state index contributed by atoms with van der Waals surface area (Å²) in [5.74, 6) is 0.204. The van der Waals surface area contributed by atoms with Crippen molar-refractivity contribution in [3.63, 3.8) is 0 Å². The Hall–Kier alpha value is -1.18. The van der Waals surface area contributed by atoms with Crippen molar-refractivity contribution < 1.29 is 14.3 Å². The topological polar surface area (TPSA) is 59.3 Å². The van der Waals surface area contributed by atoms with Gasteiger partial charge in [-0.1, -0.05) is 13.0 Å². The van der Waals surface area contributed by atoms with Crippen LogP contribution in [0.4, 0.5) is 0 Å². The number of carbonyl (C=O) groups excluding carboxylic acids is 1. The lowest BCUT2D eigenvalue weighted by Gasteiger charge is -2.45. The Balaban J connectivity index is 3.09. The number of hydrogen-bond acceptors (Lipinski definition) is 4. The van der Waals surface area contributed by atoms with Crippen LogP contribution in [0.15, 0.2) is 12.2 Å². The number of carbonyl (C=O) groups is 1. The quantitative estimate of drug-likeness (QED) is 0.552. The van der Waals surface area contributed by atoms with Gasteiger partial charge < -0.3 is 9.47 Å². The zero-order chi connectivity index (χ0) is 15.2. The van der Waals surface area contributed by atoms with Gasteiger partial charge in [0.05, 0.1) is 0 Å². The van der Waals surface area contributed by atoms with Crippen LogP contribution in [0.1, 0.15) is 53.4 Å². The smallest absolute Gasteiger partial charge is 0.181 e. The summed E-state index contributed by atoms with van der Waals surface area (Å²) in [6.45, 7) is 8.01. The number of ketones is 1. The summed E-state index contributed by atoms with van der Waals surface area (Å²) in [5, 5.41) is 9.74. The summed E-state index contributed by atoms with van der Waals surface area (Å²) in [6, 6.07) is 2.30. The first-order chi connectivity index (χ1) is 9.43. The van der Waals surface area contributed by atoms with E-state index in [1.54, 1.807) is 13.0 Å². The molecule has 3 unspecified atom stereocenters. The number of allylic oxidation sites excluding steroid dienone is 1. The maximum absolute atomic E-state index is 11.8. The first kappa shape index (κ1) is 16.9. The SMILES string of the molecule is C/C=C/C(C#N)(OC(C)OCC)C1(C)CCCC(=O)C1. The van der Waals surface area contributed by atoms with Gasteiger partial charge in [-0.25, -0.2) is 0 Å². The first-order valence-corrected chi connectivity index (χ1v) is 7.29. The van der Waals surface area contributed by atoms with Crippen LogP contribution < -0.4 is 0 Å². The van der Waals surface area contributed by atoms with Crippen molar-refractivity contribution in [3.05, 3.63) is 12.2 Å². The van der Waals surface area contributed by atoms with Crippen LogP contribution in [0.2, 0.25) is 0 Å². The molecule has 0 aromatic heterocycles. The lowest BCUT2D eigenvalue weighted by molar-refractivity contribution is -0.202. The molecule has 1 aliphatic carbocycles. The Labute approximate surface area is 121 Å². The fraction of sp³-hybridized carbons (Fsp3) is 0.750. The number of ether oxygens (including phenoxy) is 2. The summed E-state index contributed by atoms with van der Waals surface area (Å²) in [5.41, 5.74) is -1.62. The highest BCUT2D eigenvalue weighted by molar-refractivity contribution is 5.80. The zero-order valence-corrected chi connectivity index (χ0v) is 12.9. The molecule has 0 aromatic rings. The monoisotopic (exact) mass is 279 g/mol. The molecule has 4 nitrogen and oxygen atoms in total. The van der Waals surface area contributed by atoms with Crippen LogP contribution in [-0.4, -0.2) is 24.3 Å². The molecule has 0 bridgehead atoms. The molecule has 0 heterocycles. The number of nitrogens with zero attached hydrogens (tertiary/aromatic N) is 1. The average Bonchev–Trinajstić information content (AvgIpc) is 2.38. The molecule has 0 saturated heterocycles. The van der Waals surface area contributed by atoms with E-state index in [0.29, 0.717) is 19.4 Å². The van der Waals surface area contributed by atoms with E-state index in [1.807, 2.05) is 26.8 Å². The van der Waals surface area contributed by atoms with Gasteiger partial charge in [0.25, 0.3) is 0 Å². The van der Waals surface area contributed by atoms with Gasteiger partial charge in [0.1, 0.15) is 11.9 Å². The standard InChI is InChI=1S/C16H25NO3/c1-5-9-16(12-17,20-13(3)19-6-2)15(4)10-7-8-14(18)11-15/h5,9,13H,6-8,10-11H2,1-4H3/b9-5+. The van der Waals surface area contributed by atoms with Crippen LogP contribution in [0, 0.1) is 16.7 Å². The minimum Gasteiger partial charge on any atom is -0.353 e. The molecule has 0 aliphatic heterocycles. The van der Waals surface area contributed by atoms with E-state index in [1.165, 1.54) is 0 Å². The van der Waals surface area contributed by atoms with Crippen LogP contribution >= 0.6 is 0 Å². The second-order valence-corrected chi connectivity index (χ2v) is 5.62. The largest absolute Gasteiger partial charge is 0.353 e. The lowest BCUT2D eigenvalue weighted by atomic mass is 9.64. The third-order valence-electron chi connectivity index (χ3n) is 3.99. The Bertz CT molecular complexity index is 412. The molecule has 0 spiro atoms. The summed E-state index contributed by atoms with van der Waals surface area (Å²) in [7, 11) is 0. The van der Waals surface area contributed by atoms with E-state index in [9.17, 15) is 10.1 Å². The van der Waals surface area contributed by atoms with Gasteiger partial charge in [0, 0.05) is 24.9 Å². The van der Waals surface area contributed by atoms with E-state index >= 15 is 0 Å². The van der Waals surface area contributed by atoms with E-state index < -0.39 is 17.3 Å². The third kappa shape index (κ3) is 3.47. The minimum absolute atomic E-state index is 0.204. The van der Waals surface area contributed by atoms with Crippen molar-refractivity contribution in [2.75, 3.05) is 6.61 Å². The van der Waals surface area contributed by atoms with Crippen LogP contribution in [-0.2, 0) is 14.3 Å². The van der Waals surface area contributed by atoms with Crippen LogP contribution in [0.3, 0.4) is 0 Å². The van der Waals surface area contributed by atoms with Crippen molar-refractivity contribution in [3.8, 4) is 6.07 Å². The fourth-order valence-corrected chi connectivity index (χ4v) is 2.95. The second kappa shape index (κ2) is 7.01. The van der Waals surface area contributed by atoms with Crippen LogP contribution in [0.25, 0.3) is 0 Å². The summed E-state index contributed by atoms with van der Waals surface area (Å²) < 4.78 is 11.4. The molecule has 1 saturated carbocycles. The first-order valence-electron chi connectivity index (χ1n) is 7.29. The summed E-state index contributed by atoms with van der Waals surface area (Å²) in [4.78, 5) is 11.8. The summed E-state index contributed by atoms with van der Waals surface area (Å²) >= 11 is 0. The van der Waals surface area contributed by atoms with E-state index in [4.69, 9.17) is 9.47 Å². The average molecular weight is 279 g/mol. The van der Waals surface area contributed by atoms with Crippen molar-refractivity contribution in [1.82, 2.24) is 0 Å². The van der Waals surface area contributed by atoms with Crippen molar-refractivity contribution >= 4 is 5.78 Å². The maximum atomic E-state index is 11.8. The van der Waals surface area contributed by atoms with Crippen LogP contribution in [0.5, 0.6) is 0 Å². The molecule has 1 aliphatic rings. The molecular weight excluding hydrogens is 254 g/mol. The van der Waals surface area contributed by atoms with E-state index in [0.717, 1.165) is 12.8 Å². The Morgan fingerprint density at radius 1 is 1.60 bits per heavy atom. The highest BCUT2D eigenvalue weighted by atomic mass is 16.7. The van der Waals surface area contributed by atoms with E-state index in [2.05, 4.69) is 6.07 Å². The number of Topliss-reactive ketones (excluding diaryl/α,β-unsaturated/α-hetero) is 1. The van der Waals surface area contributed by atoms with Gasteiger partial charge in [0.2, 0.25) is 0 Å². The summed E-state index contributed by atoms with van der Waals surface area (Å²) in [6.07, 6.45) is 5.69. The van der Waals surface area contributed by atoms with Gasteiger partial charge in [-0.2, -0.15) is 5.26 Å². The van der Waals surface area contributed by atoms with Gasteiger partial charge in [0.15, 0.2) is 11.9 Å². The van der Waals surface area contributed by atoms with Crippen molar-refractivity contribution in [1.29, 1.82) is 5.26 Å². The third-order valence-corrected chi connectivity index (χ3v) is 3.99. The zero-order valence-electron chi connectivity index (χ0n) is 12.9. The second-order valence-electron chi connectivity index (χ2n) is 5.62. The number of hydrogen-bond donors (Lipinski definition) is 0. The number of rotatable bonds is 6. The Morgan fingerprint density at radius 2 is 2.30 bits per heavy atom. The van der Waals surface area contributed by atoms with E-state index in [-0.39, 0.29) is 5.78 Å². The minimum atomic E-state index is -1.12. The maximum Gasteiger partial charge on any atom is 0.181 e. The molecule has 20 heavy (non-hydrogen) atoms. The molecule has 0 amide bonds. The van der Waals surface area contributed by atoms with Gasteiger partial charge >= 0.3 is 0 Å². The Kier molecular flexibility index (Phi) is 5.91. The predicted octanol–water partition coefficient (Wildman–Crippen LogP) is 3.37. The molecule has 0 aromatic carbocycles. The molecule has 112 valence electrons. The van der Waals surface area contributed by atoms with Gasteiger partial charge in [-0.05, 0) is 39.7 Å². The molecule has 1 rings (SSSR count). The number of nitriles is 1. The predicted molar refractivity (Wildman–Crippen MR) is 76.9 cm³/mol.